The first-order valence-corrected chi connectivity index (χ1v) is 7.33. The predicted molar refractivity (Wildman–Crippen MR) is 78.7 cm³/mol. The number of aromatic nitrogens is 2. The van der Waals surface area contributed by atoms with Crippen LogP contribution in [0.1, 0.15) is 37.8 Å². The zero-order valence-electron chi connectivity index (χ0n) is 11.5. The van der Waals surface area contributed by atoms with Crippen molar-refractivity contribution < 1.29 is 4.39 Å². The summed E-state index contributed by atoms with van der Waals surface area (Å²) >= 11 is 0. The first-order chi connectivity index (χ1) is 9.75. The highest BCUT2D eigenvalue weighted by molar-refractivity contribution is 5.76. The minimum absolute atomic E-state index is 0.245. The minimum atomic E-state index is -0.245. The van der Waals surface area contributed by atoms with Crippen LogP contribution in [0.3, 0.4) is 0 Å². The van der Waals surface area contributed by atoms with Gasteiger partial charge >= 0.3 is 0 Å². The molecule has 1 saturated carbocycles. The molecule has 1 aliphatic rings. The number of hydrogen-bond donors (Lipinski definition) is 2. The fraction of sp³-hybridized carbons (Fsp3) is 0.438. The van der Waals surface area contributed by atoms with Gasteiger partial charge in [-0.1, -0.05) is 50.3 Å². The Bertz CT molecular complexity index is 585. The molecule has 0 saturated heterocycles. The molecule has 3 nitrogen and oxygen atoms in total. The number of hydrogen-bond acceptors (Lipinski definition) is 2. The van der Waals surface area contributed by atoms with Crippen LogP contribution in [-0.2, 0) is 6.42 Å². The second kappa shape index (κ2) is 5.65. The number of nitrogens with two attached hydrogens (primary N) is 1. The van der Waals surface area contributed by atoms with Crippen LogP contribution in [0.4, 0.5) is 10.2 Å². The van der Waals surface area contributed by atoms with E-state index in [0.29, 0.717) is 17.3 Å². The van der Waals surface area contributed by atoms with Crippen molar-refractivity contribution in [3.05, 3.63) is 35.8 Å². The SMILES string of the molecule is Nc1n[nH]c(CC2CCCCC2)c1-c1ccccc1F. The average molecular weight is 273 g/mol. The summed E-state index contributed by atoms with van der Waals surface area (Å²) in [5.41, 5.74) is 8.20. The molecule has 0 radical (unpaired) electrons. The van der Waals surface area contributed by atoms with Crippen molar-refractivity contribution in [2.75, 3.05) is 5.73 Å². The van der Waals surface area contributed by atoms with Crippen molar-refractivity contribution in [3.8, 4) is 11.1 Å². The van der Waals surface area contributed by atoms with Gasteiger partial charge in [-0.05, 0) is 18.4 Å². The molecule has 20 heavy (non-hydrogen) atoms. The van der Waals surface area contributed by atoms with E-state index >= 15 is 0 Å². The number of anilines is 1. The number of benzene rings is 1. The Hall–Kier alpha value is -1.84. The topological polar surface area (TPSA) is 54.7 Å². The van der Waals surface area contributed by atoms with Crippen molar-refractivity contribution in [1.82, 2.24) is 10.2 Å². The molecule has 0 unspecified atom stereocenters. The van der Waals surface area contributed by atoms with Crippen LogP contribution in [0, 0.1) is 11.7 Å². The monoisotopic (exact) mass is 273 g/mol. The summed E-state index contributed by atoms with van der Waals surface area (Å²) in [5, 5.41) is 7.09. The summed E-state index contributed by atoms with van der Waals surface area (Å²) in [5.74, 6) is 0.806. The number of nitrogens with one attached hydrogen (secondary N) is 1. The number of nitrogens with zero attached hydrogens (tertiary/aromatic N) is 1. The first-order valence-electron chi connectivity index (χ1n) is 7.33. The van der Waals surface area contributed by atoms with Crippen LogP contribution in [-0.4, -0.2) is 10.2 Å². The number of rotatable bonds is 3. The van der Waals surface area contributed by atoms with Gasteiger partial charge in [-0.2, -0.15) is 5.10 Å². The van der Waals surface area contributed by atoms with E-state index in [0.717, 1.165) is 17.7 Å². The quantitative estimate of drug-likeness (QED) is 0.890. The van der Waals surface area contributed by atoms with Crippen LogP contribution in [0.5, 0.6) is 0 Å². The van der Waals surface area contributed by atoms with E-state index in [-0.39, 0.29) is 5.82 Å². The lowest BCUT2D eigenvalue weighted by Gasteiger charge is -2.21. The summed E-state index contributed by atoms with van der Waals surface area (Å²) in [6.07, 6.45) is 7.33. The molecule has 106 valence electrons. The zero-order valence-corrected chi connectivity index (χ0v) is 11.5. The van der Waals surface area contributed by atoms with Crippen LogP contribution >= 0.6 is 0 Å². The molecular weight excluding hydrogens is 253 g/mol. The molecule has 0 amide bonds. The van der Waals surface area contributed by atoms with Crippen molar-refractivity contribution in [2.24, 2.45) is 5.92 Å². The number of nitrogen functional groups attached to an aromatic ring is 1. The smallest absolute Gasteiger partial charge is 0.153 e. The maximum absolute atomic E-state index is 14.0. The molecule has 1 aromatic carbocycles. The molecule has 4 heteroatoms. The average Bonchev–Trinajstić information content (AvgIpc) is 2.82. The molecule has 1 fully saturated rings. The van der Waals surface area contributed by atoms with Crippen molar-refractivity contribution >= 4 is 5.82 Å². The predicted octanol–water partition coefficient (Wildman–Crippen LogP) is 3.92. The van der Waals surface area contributed by atoms with Gasteiger partial charge in [-0.25, -0.2) is 4.39 Å². The summed E-state index contributed by atoms with van der Waals surface area (Å²) < 4.78 is 14.0. The molecule has 0 aliphatic heterocycles. The van der Waals surface area contributed by atoms with Crippen molar-refractivity contribution in [2.45, 2.75) is 38.5 Å². The molecule has 3 N–H and O–H groups in total. The van der Waals surface area contributed by atoms with E-state index in [2.05, 4.69) is 10.2 Å². The zero-order chi connectivity index (χ0) is 13.9. The van der Waals surface area contributed by atoms with E-state index in [4.69, 9.17) is 5.73 Å². The Balaban J connectivity index is 1.91. The Morgan fingerprint density at radius 2 is 1.95 bits per heavy atom. The van der Waals surface area contributed by atoms with E-state index in [1.54, 1.807) is 12.1 Å². The lowest BCUT2D eigenvalue weighted by atomic mass is 9.85. The molecule has 1 aliphatic carbocycles. The highest BCUT2D eigenvalue weighted by Crippen LogP contribution is 2.34. The third-order valence-corrected chi connectivity index (χ3v) is 4.23. The standard InChI is InChI=1S/C16H20FN3/c17-13-9-5-4-8-12(13)15-14(19-20-16(15)18)10-11-6-2-1-3-7-11/h4-5,8-9,11H,1-3,6-7,10H2,(H3,18,19,20). The molecular formula is C16H20FN3. The fourth-order valence-corrected chi connectivity index (χ4v) is 3.19. The number of halogens is 1. The van der Waals surface area contributed by atoms with E-state index in [9.17, 15) is 4.39 Å². The molecule has 1 heterocycles. The van der Waals surface area contributed by atoms with Gasteiger partial charge in [0.05, 0.1) is 0 Å². The molecule has 2 aromatic rings. The fourth-order valence-electron chi connectivity index (χ4n) is 3.19. The lowest BCUT2D eigenvalue weighted by molar-refractivity contribution is 0.354. The van der Waals surface area contributed by atoms with Gasteiger partial charge in [-0.15, -0.1) is 0 Å². The van der Waals surface area contributed by atoms with E-state index < -0.39 is 0 Å². The third-order valence-electron chi connectivity index (χ3n) is 4.23. The highest BCUT2D eigenvalue weighted by atomic mass is 19.1. The van der Waals surface area contributed by atoms with Gasteiger partial charge in [0.2, 0.25) is 0 Å². The van der Waals surface area contributed by atoms with Crippen LogP contribution in [0.2, 0.25) is 0 Å². The van der Waals surface area contributed by atoms with Crippen LogP contribution in [0.15, 0.2) is 24.3 Å². The van der Waals surface area contributed by atoms with Gasteiger partial charge in [0.1, 0.15) is 5.82 Å². The minimum Gasteiger partial charge on any atom is -0.382 e. The van der Waals surface area contributed by atoms with Gasteiger partial charge in [-0.3, -0.25) is 5.10 Å². The van der Waals surface area contributed by atoms with Gasteiger partial charge in [0.15, 0.2) is 5.82 Å². The first kappa shape index (κ1) is 13.2. The van der Waals surface area contributed by atoms with E-state index in [1.165, 1.54) is 38.2 Å². The Morgan fingerprint density at radius 3 is 2.70 bits per heavy atom. The highest BCUT2D eigenvalue weighted by Gasteiger charge is 2.20. The van der Waals surface area contributed by atoms with Gasteiger partial charge in [0.25, 0.3) is 0 Å². The Kier molecular flexibility index (Phi) is 3.72. The normalized spacial score (nSPS) is 16.4. The molecule has 3 rings (SSSR count). The summed E-state index contributed by atoms with van der Waals surface area (Å²) in [7, 11) is 0. The summed E-state index contributed by atoms with van der Waals surface area (Å²) in [6.45, 7) is 0. The van der Waals surface area contributed by atoms with E-state index in [1.807, 2.05) is 6.07 Å². The summed E-state index contributed by atoms with van der Waals surface area (Å²) in [6, 6.07) is 6.75. The van der Waals surface area contributed by atoms with Crippen molar-refractivity contribution in [3.63, 3.8) is 0 Å². The molecule has 0 bridgehead atoms. The second-order valence-corrected chi connectivity index (χ2v) is 5.65. The van der Waals surface area contributed by atoms with Crippen molar-refractivity contribution in [1.29, 1.82) is 0 Å². The number of H-pyrrole nitrogens is 1. The van der Waals surface area contributed by atoms with Gasteiger partial charge < -0.3 is 5.73 Å². The van der Waals surface area contributed by atoms with Crippen LogP contribution < -0.4 is 5.73 Å². The van der Waals surface area contributed by atoms with Crippen LogP contribution in [0.25, 0.3) is 11.1 Å². The Morgan fingerprint density at radius 1 is 1.20 bits per heavy atom. The maximum Gasteiger partial charge on any atom is 0.153 e. The summed E-state index contributed by atoms with van der Waals surface area (Å²) in [4.78, 5) is 0. The molecule has 0 spiro atoms. The van der Waals surface area contributed by atoms with Gasteiger partial charge in [0, 0.05) is 16.8 Å². The lowest BCUT2D eigenvalue weighted by Crippen LogP contribution is -2.10. The number of aromatic amines is 1. The largest absolute Gasteiger partial charge is 0.382 e. The second-order valence-electron chi connectivity index (χ2n) is 5.65. The maximum atomic E-state index is 14.0. The Labute approximate surface area is 118 Å². The third kappa shape index (κ3) is 2.55. The molecule has 0 atom stereocenters. The molecule has 1 aromatic heterocycles.